The predicted octanol–water partition coefficient (Wildman–Crippen LogP) is 1.74. The zero-order valence-electron chi connectivity index (χ0n) is 7.97. The number of aromatic nitrogens is 2. The van der Waals surface area contributed by atoms with Gasteiger partial charge >= 0.3 is 5.97 Å². The van der Waals surface area contributed by atoms with Crippen molar-refractivity contribution in [3.05, 3.63) is 35.7 Å². The summed E-state index contributed by atoms with van der Waals surface area (Å²) in [5, 5.41) is 12.0. The van der Waals surface area contributed by atoms with Crippen molar-refractivity contribution < 1.29 is 14.4 Å². The fraction of sp³-hybridized carbons (Fsp3) is 0.100. The van der Waals surface area contributed by atoms with Crippen LogP contribution in [0.25, 0.3) is 11.5 Å². The Hall–Kier alpha value is -2.17. The molecule has 1 aromatic carbocycles. The first kappa shape index (κ1) is 9.39. The second-order valence-corrected chi connectivity index (χ2v) is 3.10. The molecule has 0 spiro atoms. The van der Waals surface area contributed by atoms with Crippen LogP contribution >= 0.6 is 0 Å². The molecule has 5 heteroatoms. The van der Waals surface area contributed by atoms with Crippen molar-refractivity contribution in [3.8, 4) is 11.5 Å². The molecule has 1 heterocycles. The average Bonchev–Trinajstić information content (AvgIpc) is 2.66. The van der Waals surface area contributed by atoms with E-state index in [9.17, 15) is 4.79 Å². The average molecular weight is 204 g/mol. The summed E-state index contributed by atoms with van der Waals surface area (Å²) in [6.07, 6.45) is 0. The molecule has 0 saturated heterocycles. The van der Waals surface area contributed by atoms with Crippen LogP contribution < -0.4 is 0 Å². The summed E-state index contributed by atoms with van der Waals surface area (Å²) in [6.45, 7) is 1.93. The summed E-state index contributed by atoms with van der Waals surface area (Å²) >= 11 is 0. The lowest BCUT2D eigenvalue weighted by atomic mass is 10.1. The molecule has 2 aromatic rings. The van der Waals surface area contributed by atoms with Gasteiger partial charge in [0.2, 0.25) is 0 Å². The molecule has 0 unspecified atom stereocenters. The van der Waals surface area contributed by atoms with Gasteiger partial charge in [0.05, 0.1) is 0 Å². The first-order chi connectivity index (χ1) is 7.16. The van der Waals surface area contributed by atoms with Crippen molar-refractivity contribution in [2.45, 2.75) is 6.92 Å². The largest absolute Gasteiger partial charge is 0.475 e. The molecule has 0 atom stereocenters. The quantitative estimate of drug-likeness (QED) is 0.806. The number of hydrogen-bond donors (Lipinski definition) is 1. The lowest BCUT2D eigenvalue weighted by Gasteiger charge is -1.94. The first-order valence-corrected chi connectivity index (χ1v) is 4.31. The smallest absolute Gasteiger partial charge is 0.377 e. The van der Waals surface area contributed by atoms with Crippen LogP contribution in [0.2, 0.25) is 0 Å². The number of aromatic carboxylic acids is 1. The van der Waals surface area contributed by atoms with E-state index in [1.807, 2.05) is 25.1 Å². The Bertz CT molecular complexity index is 505. The maximum absolute atomic E-state index is 10.5. The maximum atomic E-state index is 10.5. The molecule has 0 aliphatic carbocycles. The number of carbonyl (C=O) groups is 1. The van der Waals surface area contributed by atoms with Gasteiger partial charge in [0.25, 0.3) is 11.7 Å². The highest BCUT2D eigenvalue weighted by Gasteiger charge is 2.13. The number of hydrogen-bond acceptors (Lipinski definition) is 4. The molecule has 76 valence electrons. The van der Waals surface area contributed by atoms with Crippen molar-refractivity contribution in [3.63, 3.8) is 0 Å². The molecule has 0 bridgehead atoms. The zero-order valence-corrected chi connectivity index (χ0v) is 7.97. The van der Waals surface area contributed by atoms with Gasteiger partial charge in [-0.1, -0.05) is 17.7 Å². The molecule has 1 N–H and O–H groups in total. The normalized spacial score (nSPS) is 10.2. The Morgan fingerprint density at radius 1 is 1.47 bits per heavy atom. The summed E-state index contributed by atoms with van der Waals surface area (Å²) < 4.78 is 4.83. The fourth-order valence-electron chi connectivity index (χ4n) is 1.21. The van der Waals surface area contributed by atoms with E-state index >= 15 is 0 Å². The van der Waals surface area contributed by atoms with E-state index in [-0.39, 0.29) is 11.7 Å². The van der Waals surface area contributed by atoms with E-state index < -0.39 is 5.97 Å². The molecule has 0 amide bonds. The highest BCUT2D eigenvalue weighted by Crippen LogP contribution is 2.17. The second-order valence-electron chi connectivity index (χ2n) is 3.10. The maximum Gasteiger partial charge on any atom is 0.377 e. The molecule has 0 fully saturated rings. The number of carboxylic acids is 1. The Balaban J connectivity index is 2.41. The van der Waals surface area contributed by atoms with Gasteiger partial charge in [-0.2, -0.15) is 4.98 Å². The Kier molecular flexibility index (Phi) is 2.21. The van der Waals surface area contributed by atoms with E-state index in [1.165, 1.54) is 0 Å². The van der Waals surface area contributed by atoms with Gasteiger partial charge in [0.15, 0.2) is 0 Å². The van der Waals surface area contributed by atoms with Crippen LogP contribution in [0.1, 0.15) is 16.2 Å². The minimum Gasteiger partial charge on any atom is -0.475 e. The SMILES string of the molecule is Cc1cccc(-c2nc(C(=O)O)no2)c1. The third kappa shape index (κ3) is 1.85. The van der Waals surface area contributed by atoms with E-state index in [1.54, 1.807) is 6.07 Å². The summed E-state index contributed by atoms with van der Waals surface area (Å²) in [6, 6.07) is 7.40. The van der Waals surface area contributed by atoms with Gasteiger partial charge in [0.1, 0.15) is 0 Å². The Labute approximate surface area is 85.4 Å². The van der Waals surface area contributed by atoms with Crippen LogP contribution in [-0.4, -0.2) is 21.2 Å². The lowest BCUT2D eigenvalue weighted by molar-refractivity contribution is 0.0680. The van der Waals surface area contributed by atoms with Gasteiger partial charge in [-0.05, 0) is 24.2 Å². The third-order valence-electron chi connectivity index (χ3n) is 1.88. The van der Waals surface area contributed by atoms with Crippen molar-refractivity contribution in [2.24, 2.45) is 0 Å². The molecular formula is C10H8N2O3. The van der Waals surface area contributed by atoms with Gasteiger partial charge < -0.3 is 9.63 Å². The van der Waals surface area contributed by atoms with Crippen LogP contribution in [0.4, 0.5) is 0 Å². The van der Waals surface area contributed by atoms with Crippen molar-refractivity contribution >= 4 is 5.97 Å². The minimum absolute atomic E-state index is 0.219. The number of carboxylic acid groups (broad SMARTS) is 1. The molecule has 1 aromatic heterocycles. The summed E-state index contributed by atoms with van der Waals surface area (Å²) in [5.41, 5.74) is 1.76. The van der Waals surface area contributed by atoms with E-state index in [2.05, 4.69) is 10.1 Å². The van der Waals surface area contributed by atoms with E-state index in [0.717, 1.165) is 11.1 Å². The van der Waals surface area contributed by atoms with Crippen LogP contribution in [0.5, 0.6) is 0 Å². The van der Waals surface area contributed by atoms with E-state index in [0.29, 0.717) is 0 Å². The topological polar surface area (TPSA) is 76.2 Å². The summed E-state index contributed by atoms with van der Waals surface area (Å²) in [7, 11) is 0. The van der Waals surface area contributed by atoms with Crippen molar-refractivity contribution in [2.75, 3.05) is 0 Å². The zero-order chi connectivity index (χ0) is 10.8. The predicted molar refractivity (Wildman–Crippen MR) is 51.4 cm³/mol. The minimum atomic E-state index is -1.20. The van der Waals surface area contributed by atoms with Crippen molar-refractivity contribution in [1.82, 2.24) is 10.1 Å². The molecular weight excluding hydrogens is 196 g/mol. The Morgan fingerprint density at radius 3 is 2.87 bits per heavy atom. The number of nitrogens with zero attached hydrogens (tertiary/aromatic N) is 2. The van der Waals surface area contributed by atoms with Crippen LogP contribution in [0.15, 0.2) is 28.8 Å². The molecule has 15 heavy (non-hydrogen) atoms. The second kappa shape index (κ2) is 3.53. The molecule has 0 aliphatic heterocycles. The molecule has 0 aliphatic rings. The van der Waals surface area contributed by atoms with Gasteiger partial charge in [-0.3, -0.25) is 0 Å². The lowest BCUT2D eigenvalue weighted by Crippen LogP contribution is -1.98. The number of benzene rings is 1. The highest BCUT2D eigenvalue weighted by atomic mass is 16.5. The van der Waals surface area contributed by atoms with Gasteiger partial charge in [-0.25, -0.2) is 4.79 Å². The molecule has 0 radical (unpaired) electrons. The highest BCUT2D eigenvalue weighted by molar-refractivity contribution is 5.83. The molecule has 0 saturated carbocycles. The standard InChI is InChI=1S/C10H8N2O3/c1-6-3-2-4-7(5-6)9-11-8(10(13)14)12-15-9/h2-5H,1H3,(H,13,14). The third-order valence-corrected chi connectivity index (χ3v) is 1.88. The van der Waals surface area contributed by atoms with Crippen molar-refractivity contribution in [1.29, 1.82) is 0 Å². The monoisotopic (exact) mass is 204 g/mol. The molecule has 5 nitrogen and oxygen atoms in total. The van der Waals surface area contributed by atoms with Crippen LogP contribution in [0.3, 0.4) is 0 Å². The molecule has 2 rings (SSSR count). The fourth-order valence-corrected chi connectivity index (χ4v) is 1.21. The number of aryl methyl sites for hydroxylation is 1. The summed E-state index contributed by atoms with van der Waals surface area (Å²) in [5.74, 6) is -1.31. The number of rotatable bonds is 2. The van der Waals surface area contributed by atoms with E-state index in [4.69, 9.17) is 9.63 Å². The Morgan fingerprint density at radius 2 is 2.27 bits per heavy atom. The van der Waals surface area contributed by atoms with Gasteiger partial charge in [-0.15, -0.1) is 0 Å². The summed E-state index contributed by atoms with van der Waals surface area (Å²) in [4.78, 5) is 14.3. The van der Waals surface area contributed by atoms with Crippen LogP contribution in [-0.2, 0) is 0 Å². The van der Waals surface area contributed by atoms with Crippen LogP contribution in [0, 0.1) is 6.92 Å². The first-order valence-electron chi connectivity index (χ1n) is 4.31. The van der Waals surface area contributed by atoms with Gasteiger partial charge in [0, 0.05) is 5.56 Å².